The molecule has 0 saturated carbocycles. The summed E-state index contributed by atoms with van der Waals surface area (Å²) in [5.41, 5.74) is 3.88. The van der Waals surface area contributed by atoms with E-state index in [1.54, 1.807) is 12.1 Å². The number of aliphatic hydroxyl groups is 1. The van der Waals surface area contributed by atoms with Crippen molar-refractivity contribution >= 4 is 23.6 Å². The third-order valence-electron chi connectivity index (χ3n) is 10.8. The van der Waals surface area contributed by atoms with Gasteiger partial charge in [0.1, 0.15) is 12.6 Å². The Labute approximate surface area is 299 Å². The Morgan fingerprint density at radius 1 is 0.863 bits per heavy atom. The van der Waals surface area contributed by atoms with Crippen LogP contribution in [0.2, 0.25) is 0 Å². The maximum Gasteiger partial charge on any atom is 0.408 e. The fraction of sp³-hybridized carbons (Fsp3) is 0.475. The van der Waals surface area contributed by atoms with Crippen LogP contribution in [-0.4, -0.2) is 83.7 Å². The monoisotopic (exact) mass is 696 g/mol. The van der Waals surface area contributed by atoms with Crippen LogP contribution >= 0.6 is 0 Å². The molecule has 6 unspecified atom stereocenters. The highest BCUT2D eigenvalue weighted by atomic mass is 16.7. The van der Waals surface area contributed by atoms with Gasteiger partial charge in [-0.1, -0.05) is 73.7 Å². The number of benzene rings is 3. The molecular formula is C40H48N4O7. The number of imide groups is 1. The van der Waals surface area contributed by atoms with E-state index in [-0.39, 0.29) is 37.8 Å². The molecule has 11 heteroatoms. The topological polar surface area (TPSA) is 121 Å². The predicted octanol–water partition coefficient (Wildman–Crippen LogP) is 5.09. The zero-order valence-corrected chi connectivity index (χ0v) is 29.2. The van der Waals surface area contributed by atoms with Crippen molar-refractivity contribution in [1.82, 2.24) is 15.1 Å². The van der Waals surface area contributed by atoms with Gasteiger partial charge in [0.05, 0.1) is 30.9 Å². The maximum atomic E-state index is 13.3. The number of alkyl carbamates (subject to hydrolysis) is 1. The van der Waals surface area contributed by atoms with E-state index in [4.69, 9.17) is 14.2 Å². The number of rotatable bonds is 11. The van der Waals surface area contributed by atoms with Gasteiger partial charge in [0.25, 0.3) is 5.91 Å². The van der Waals surface area contributed by atoms with E-state index >= 15 is 0 Å². The van der Waals surface area contributed by atoms with Gasteiger partial charge >= 0.3 is 6.09 Å². The second-order valence-corrected chi connectivity index (χ2v) is 14.2. The first-order valence-corrected chi connectivity index (χ1v) is 18.3. The van der Waals surface area contributed by atoms with Gasteiger partial charge in [-0.05, 0) is 74.1 Å². The molecule has 4 aliphatic rings. The number of likely N-dealkylation sites (tertiary alicyclic amines) is 2. The summed E-state index contributed by atoms with van der Waals surface area (Å²) < 4.78 is 18.7. The average molecular weight is 697 g/mol. The molecule has 2 N–H and O–H groups in total. The lowest BCUT2D eigenvalue weighted by Gasteiger charge is -2.43. The summed E-state index contributed by atoms with van der Waals surface area (Å²) in [5.74, 6) is -0.846. The van der Waals surface area contributed by atoms with Crippen molar-refractivity contribution in [1.29, 1.82) is 0 Å². The molecule has 4 aliphatic heterocycles. The fourth-order valence-electron chi connectivity index (χ4n) is 7.87. The van der Waals surface area contributed by atoms with Crippen molar-refractivity contribution in [2.75, 3.05) is 37.6 Å². The number of ether oxygens (including phenoxy) is 3. The van der Waals surface area contributed by atoms with E-state index in [2.05, 4.69) is 22.0 Å². The zero-order chi connectivity index (χ0) is 35.3. The standard InChI is InChI=1S/C40H48N4O7/c1-27-35(24-43-21-7-10-33(43)23-42-19-5-6-20-42)50-39(51-37(27)30-13-11-28(25-45)12-14-30)31-15-17-32(18-16-31)44-36(46)22-34(38(44)47)41-40(48)49-26-29-8-3-2-4-9-29/h2-4,8-9,11-18,27,33-35,37,39,45H,5-7,10,19-26H2,1H3,(H,41,48). The Morgan fingerprint density at radius 2 is 1.59 bits per heavy atom. The molecule has 11 nitrogen and oxygen atoms in total. The molecule has 3 amide bonds. The Balaban J connectivity index is 1.04. The molecule has 0 aromatic heterocycles. The van der Waals surface area contributed by atoms with Crippen molar-refractivity contribution in [2.24, 2.45) is 5.92 Å². The van der Waals surface area contributed by atoms with Gasteiger partial charge in [-0.25, -0.2) is 9.69 Å². The molecule has 0 bridgehead atoms. The first-order chi connectivity index (χ1) is 24.9. The van der Waals surface area contributed by atoms with E-state index in [9.17, 15) is 19.5 Å². The second-order valence-electron chi connectivity index (χ2n) is 14.2. The maximum absolute atomic E-state index is 13.3. The van der Waals surface area contributed by atoms with E-state index in [0.29, 0.717) is 11.7 Å². The highest BCUT2D eigenvalue weighted by Crippen LogP contribution is 2.42. The third-order valence-corrected chi connectivity index (χ3v) is 10.8. The number of nitrogens with one attached hydrogen (secondary N) is 1. The minimum Gasteiger partial charge on any atom is -0.445 e. The second kappa shape index (κ2) is 16.0. The molecular weight excluding hydrogens is 648 g/mol. The summed E-state index contributed by atoms with van der Waals surface area (Å²) in [4.78, 5) is 45.1. The normalized spacial score (nSPS) is 27.3. The Morgan fingerprint density at radius 3 is 2.31 bits per heavy atom. The van der Waals surface area contributed by atoms with Crippen molar-refractivity contribution in [2.45, 2.75) is 82.8 Å². The number of anilines is 1. The van der Waals surface area contributed by atoms with Gasteiger partial charge < -0.3 is 29.5 Å². The van der Waals surface area contributed by atoms with Crippen molar-refractivity contribution in [3.63, 3.8) is 0 Å². The molecule has 0 spiro atoms. The van der Waals surface area contributed by atoms with E-state index in [1.807, 2.05) is 66.7 Å². The Hall–Kier alpha value is -4.13. The molecule has 51 heavy (non-hydrogen) atoms. The van der Waals surface area contributed by atoms with Crippen LogP contribution < -0.4 is 10.2 Å². The summed E-state index contributed by atoms with van der Waals surface area (Å²) in [7, 11) is 0. The van der Waals surface area contributed by atoms with Crippen LogP contribution in [-0.2, 0) is 37.0 Å². The van der Waals surface area contributed by atoms with E-state index < -0.39 is 30.2 Å². The molecule has 4 heterocycles. The van der Waals surface area contributed by atoms with Crippen LogP contribution in [0.5, 0.6) is 0 Å². The quantitative estimate of drug-likeness (QED) is 0.264. The lowest BCUT2D eigenvalue weighted by Crippen LogP contribution is -2.48. The number of carbonyl (C=O) groups excluding carboxylic acids is 3. The molecule has 270 valence electrons. The molecule has 7 rings (SSSR count). The van der Waals surface area contributed by atoms with Crippen molar-refractivity contribution in [3.8, 4) is 0 Å². The van der Waals surface area contributed by atoms with Gasteiger partial charge in [0.2, 0.25) is 5.91 Å². The summed E-state index contributed by atoms with van der Waals surface area (Å²) in [6.45, 7) is 7.56. The van der Waals surface area contributed by atoms with Gasteiger partial charge in [-0.15, -0.1) is 0 Å². The van der Waals surface area contributed by atoms with Crippen molar-refractivity contribution in [3.05, 3.63) is 101 Å². The van der Waals surface area contributed by atoms with E-state index in [0.717, 1.165) is 46.8 Å². The molecule has 0 radical (unpaired) electrons. The molecule has 6 atom stereocenters. The highest BCUT2D eigenvalue weighted by Gasteiger charge is 2.43. The number of amides is 3. The fourth-order valence-corrected chi connectivity index (χ4v) is 7.87. The largest absolute Gasteiger partial charge is 0.445 e. The van der Waals surface area contributed by atoms with Crippen LogP contribution in [0.3, 0.4) is 0 Å². The van der Waals surface area contributed by atoms with E-state index in [1.165, 1.54) is 38.8 Å². The SMILES string of the molecule is CC1C(CN2CCCC2CN2CCCC2)OC(c2ccc(N3C(=O)CC(NC(=O)OCc4ccccc4)C3=O)cc2)OC1c1ccc(CO)cc1. The summed E-state index contributed by atoms with van der Waals surface area (Å²) in [6, 6.07) is 23.8. The van der Waals surface area contributed by atoms with Gasteiger partial charge in [0.15, 0.2) is 6.29 Å². The zero-order valence-electron chi connectivity index (χ0n) is 29.2. The van der Waals surface area contributed by atoms with Crippen LogP contribution in [0, 0.1) is 5.92 Å². The minimum atomic E-state index is -1.01. The summed E-state index contributed by atoms with van der Waals surface area (Å²) >= 11 is 0. The molecule has 4 fully saturated rings. The lowest BCUT2D eigenvalue weighted by molar-refractivity contribution is -0.276. The third kappa shape index (κ3) is 8.18. The number of hydrogen-bond donors (Lipinski definition) is 2. The van der Waals surface area contributed by atoms with Crippen molar-refractivity contribution < 1.29 is 33.7 Å². The predicted molar refractivity (Wildman–Crippen MR) is 190 cm³/mol. The molecule has 0 aliphatic carbocycles. The minimum absolute atomic E-state index is 0.0212. The van der Waals surface area contributed by atoms with Crippen LogP contribution in [0.4, 0.5) is 10.5 Å². The number of nitrogens with zero attached hydrogens (tertiary/aromatic N) is 3. The Bertz CT molecular complexity index is 1650. The highest BCUT2D eigenvalue weighted by molar-refractivity contribution is 6.22. The van der Waals surface area contributed by atoms with Crippen LogP contribution in [0.15, 0.2) is 78.9 Å². The number of carbonyl (C=O) groups is 3. The smallest absolute Gasteiger partial charge is 0.408 e. The Kier molecular flexibility index (Phi) is 11.1. The average Bonchev–Trinajstić information content (AvgIpc) is 3.90. The van der Waals surface area contributed by atoms with Gasteiger partial charge in [-0.3, -0.25) is 14.5 Å². The molecule has 3 aromatic carbocycles. The summed E-state index contributed by atoms with van der Waals surface area (Å²) in [5, 5.41) is 12.2. The van der Waals surface area contributed by atoms with Gasteiger partial charge in [0, 0.05) is 30.6 Å². The van der Waals surface area contributed by atoms with Gasteiger partial charge in [-0.2, -0.15) is 0 Å². The summed E-state index contributed by atoms with van der Waals surface area (Å²) in [6.07, 6.45) is 3.04. The molecule has 4 saturated heterocycles. The number of aliphatic hydroxyl groups excluding tert-OH is 1. The number of hydrogen-bond acceptors (Lipinski definition) is 9. The van der Waals surface area contributed by atoms with Crippen LogP contribution in [0.1, 0.15) is 73.7 Å². The lowest BCUT2D eigenvalue weighted by atomic mass is 9.90. The first-order valence-electron chi connectivity index (χ1n) is 18.3. The first kappa shape index (κ1) is 35.3. The molecule has 3 aromatic rings. The van der Waals surface area contributed by atoms with Crippen LogP contribution in [0.25, 0.3) is 0 Å².